The largest absolute Gasteiger partial charge is 0.351 e. The number of anilines is 3. The number of hydrogen-bond acceptors (Lipinski definition) is 5. The number of hydrogen-bond donors (Lipinski definition) is 2. The summed E-state index contributed by atoms with van der Waals surface area (Å²) >= 11 is 0. The van der Waals surface area contributed by atoms with E-state index >= 15 is 0 Å². The van der Waals surface area contributed by atoms with Gasteiger partial charge in [0.05, 0.1) is 0 Å². The van der Waals surface area contributed by atoms with Gasteiger partial charge in [-0.2, -0.15) is 4.98 Å². The molecule has 1 aliphatic heterocycles. The molecule has 0 aliphatic carbocycles. The number of likely N-dealkylation sites (tertiary alicyclic amines) is 1. The van der Waals surface area contributed by atoms with Crippen LogP contribution in [-0.4, -0.2) is 34.0 Å². The fourth-order valence-corrected chi connectivity index (χ4v) is 3.56. The van der Waals surface area contributed by atoms with Crippen molar-refractivity contribution in [3.63, 3.8) is 0 Å². The summed E-state index contributed by atoms with van der Waals surface area (Å²) in [7, 11) is 0. The fraction of sp³-hybridized carbons (Fsp3) is 0.304. The molecule has 2 heterocycles. The number of nitrogens with one attached hydrogen (secondary N) is 2. The molecule has 5 nitrogen and oxygen atoms in total. The minimum Gasteiger partial charge on any atom is -0.351 e. The number of piperidine rings is 1. The normalized spacial score (nSPS) is 15.3. The second-order valence-corrected chi connectivity index (χ2v) is 7.40. The van der Waals surface area contributed by atoms with Gasteiger partial charge in [-0.05, 0) is 37.5 Å². The van der Waals surface area contributed by atoms with Crippen LogP contribution >= 0.6 is 0 Å². The lowest BCUT2D eigenvalue weighted by Gasteiger charge is -2.32. The van der Waals surface area contributed by atoms with Crippen molar-refractivity contribution < 1.29 is 0 Å². The SMILES string of the molecule is Cc1cnc(NC2CCN(Cc3ccccc3)CC2)nc1Nc1ccccc1. The van der Waals surface area contributed by atoms with E-state index in [0.29, 0.717) is 12.0 Å². The zero-order chi connectivity index (χ0) is 19.2. The molecule has 0 bridgehead atoms. The second kappa shape index (κ2) is 8.85. The molecule has 144 valence electrons. The fourth-order valence-electron chi connectivity index (χ4n) is 3.56. The van der Waals surface area contributed by atoms with Crippen LogP contribution in [0.3, 0.4) is 0 Å². The van der Waals surface area contributed by atoms with E-state index in [0.717, 1.165) is 49.5 Å². The van der Waals surface area contributed by atoms with Crippen LogP contribution < -0.4 is 10.6 Å². The molecule has 1 aromatic heterocycles. The molecule has 0 unspecified atom stereocenters. The van der Waals surface area contributed by atoms with Gasteiger partial charge in [0, 0.05) is 43.1 Å². The molecule has 0 saturated carbocycles. The van der Waals surface area contributed by atoms with Gasteiger partial charge in [-0.25, -0.2) is 4.98 Å². The summed E-state index contributed by atoms with van der Waals surface area (Å²) in [5, 5.41) is 6.91. The molecule has 4 rings (SSSR count). The first-order valence-corrected chi connectivity index (χ1v) is 9.95. The van der Waals surface area contributed by atoms with Crippen LogP contribution in [0.25, 0.3) is 0 Å². The third-order valence-electron chi connectivity index (χ3n) is 5.18. The van der Waals surface area contributed by atoms with Crippen LogP contribution in [0.4, 0.5) is 17.5 Å². The molecule has 28 heavy (non-hydrogen) atoms. The van der Waals surface area contributed by atoms with Crippen molar-refractivity contribution in [2.24, 2.45) is 0 Å². The number of aromatic nitrogens is 2. The Morgan fingerprint density at radius 1 is 0.964 bits per heavy atom. The topological polar surface area (TPSA) is 53.1 Å². The third-order valence-corrected chi connectivity index (χ3v) is 5.18. The molecule has 0 spiro atoms. The Bertz CT molecular complexity index is 874. The van der Waals surface area contributed by atoms with Gasteiger partial charge in [0.25, 0.3) is 0 Å². The molecule has 2 N–H and O–H groups in total. The Hall–Kier alpha value is -2.92. The van der Waals surface area contributed by atoms with E-state index < -0.39 is 0 Å². The van der Waals surface area contributed by atoms with Gasteiger partial charge < -0.3 is 10.6 Å². The summed E-state index contributed by atoms with van der Waals surface area (Å²) in [5.41, 5.74) is 3.45. The summed E-state index contributed by atoms with van der Waals surface area (Å²) in [5.74, 6) is 1.55. The summed E-state index contributed by atoms with van der Waals surface area (Å²) in [6, 6.07) is 21.2. The van der Waals surface area contributed by atoms with Crippen LogP contribution in [0.5, 0.6) is 0 Å². The number of nitrogens with zero attached hydrogens (tertiary/aromatic N) is 3. The minimum absolute atomic E-state index is 0.416. The van der Waals surface area contributed by atoms with E-state index in [-0.39, 0.29) is 0 Å². The molecule has 1 fully saturated rings. The lowest BCUT2D eigenvalue weighted by molar-refractivity contribution is 0.211. The molecular formula is C23H27N5. The molecule has 1 saturated heterocycles. The summed E-state index contributed by atoms with van der Waals surface area (Å²) in [6.07, 6.45) is 4.09. The van der Waals surface area contributed by atoms with Gasteiger partial charge in [0.2, 0.25) is 5.95 Å². The van der Waals surface area contributed by atoms with Crippen molar-refractivity contribution in [2.75, 3.05) is 23.7 Å². The Balaban J connectivity index is 1.33. The monoisotopic (exact) mass is 373 g/mol. The Labute approximate surface area is 166 Å². The van der Waals surface area contributed by atoms with Crippen molar-refractivity contribution in [3.8, 4) is 0 Å². The Morgan fingerprint density at radius 2 is 1.64 bits per heavy atom. The van der Waals surface area contributed by atoms with Gasteiger partial charge in [-0.3, -0.25) is 4.90 Å². The predicted molar refractivity (Wildman–Crippen MR) is 115 cm³/mol. The zero-order valence-corrected chi connectivity index (χ0v) is 16.3. The van der Waals surface area contributed by atoms with Crippen LogP contribution in [0, 0.1) is 6.92 Å². The van der Waals surface area contributed by atoms with Crippen LogP contribution in [0.15, 0.2) is 66.9 Å². The smallest absolute Gasteiger partial charge is 0.224 e. The maximum absolute atomic E-state index is 4.70. The molecule has 0 radical (unpaired) electrons. The van der Waals surface area contributed by atoms with E-state index in [1.54, 1.807) is 0 Å². The third kappa shape index (κ3) is 4.87. The van der Waals surface area contributed by atoms with E-state index in [1.807, 2.05) is 43.5 Å². The average molecular weight is 374 g/mol. The van der Waals surface area contributed by atoms with Crippen molar-refractivity contribution in [2.45, 2.75) is 32.4 Å². The van der Waals surface area contributed by atoms with Gasteiger partial charge in [0.15, 0.2) is 0 Å². The van der Waals surface area contributed by atoms with Crippen LogP contribution in [0.2, 0.25) is 0 Å². The van der Waals surface area contributed by atoms with Gasteiger partial charge in [-0.1, -0.05) is 48.5 Å². The van der Waals surface area contributed by atoms with Crippen molar-refractivity contribution >= 4 is 17.5 Å². The summed E-state index contributed by atoms with van der Waals surface area (Å²) < 4.78 is 0. The molecule has 2 aromatic carbocycles. The van der Waals surface area contributed by atoms with E-state index in [4.69, 9.17) is 4.98 Å². The lowest BCUT2D eigenvalue weighted by atomic mass is 10.0. The quantitative estimate of drug-likeness (QED) is 0.661. The predicted octanol–water partition coefficient (Wildman–Crippen LogP) is 4.61. The highest BCUT2D eigenvalue weighted by atomic mass is 15.2. The molecule has 5 heteroatoms. The van der Waals surface area contributed by atoms with Crippen LogP contribution in [-0.2, 0) is 6.54 Å². The highest BCUT2D eigenvalue weighted by Gasteiger charge is 2.20. The van der Waals surface area contributed by atoms with E-state index in [9.17, 15) is 0 Å². The van der Waals surface area contributed by atoms with Crippen LogP contribution in [0.1, 0.15) is 24.0 Å². The highest BCUT2D eigenvalue weighted by Crippen LogP contribution is 2.21. The minimum atomic E-state index is 0.416. The highest BCUT2D eigenvalue weighted by molar-refractivity contribution is 5.59. The molecular weight excluding hydrogens is 346 g/mol. The Kier molecular flexibility index (Phi) is 5.83. The van der Waals surface area contributed by atoms with Crippen molar-refractivity contribution in [1.82, 2.24) is 14.9 Å². The average Bonchev–Trinajstić information content (AvgIpc) is 2.73. The molecule has 0 atom stereocenters. The van der Waals surface area contributed by atoms with Crippen molar-refractivity contribution in [1.29, 1.82) is 0 Å². The number of aryl methyl sites for hydroxylation is 1. The molecule has 0 amide bonds. The lowest BCUT2D eigenvalue weighted by Crippen LogP contribution is -2.39. The number of benzene rings is 2. The number of para-hydroxylation sites is 1. The standard InChI is InChI=1S/C23H27N5/c1-18-16-24-23(27-22(18)25-20-10-6-3-7-11-20)26-21-12-14-28(15-13-21)17-19-8-4-2-5-9-19/h2-11,16,21H,12-15,17H2,1H3,(H2,24,25,26,27). The summed E-state index contributed by atoms with van der Waals surface area (Å²) in [4.78, 5) is 11.7. The first-order chi connectivity index (χ1) is 13.8. The van der Waals surface area contributed by atoms with E-state index in [1.165, 1.54) is 5.56 Å². The Morgan fingerprint density at radius 3 is 2.36 bits per heavy atom. The molecule has 1 aliphatic rings. The van der Waals surface area contributed by atoms with Gasteiger partial charge in [-0.15, -0.1) is 0 Å². The first kappa shape index (κ1) is 18.4. The zero-order valence-electron chi connectivity index (χ0n) is 16.3. The van der Waals surface area contributed by atoms with Gasteiger partial charge >= 0.3 is 0 Å². The molecule has 3 aromatic rings. The maximum Gasteiger partial charge on any atom is 0.224 e. The van der Waals surface area contributed by atoms with E-state index in [2.05, 4.69) is 50.8 Å². The first-order valence-electron chi connectivity index (χ1n) is 9.95. The maximum atomic E-state index is 4.70. The van der Waals surface area contributed by atoms with Crippen molar-refractivity contribution in [3.05, 3.63) is 78.0 Å². The second-order valence-electron chi connectivity index (χ2n) is 7.40. The van der Waals surface area contributed by atoms with Gasteiger partial charge in [0.1, 0.15) is 5.82 Å². The summed E-state index contributed by atoms with van der Waals surface area (Å²) in [6.45, 7) is 5.23. The number of rotatable bonds is 6.